The minimum atomic E-state index is -0.417. The molecule has 0 fully saturated rings. The number of phenolic OH excluding ortho intramolecular Hbond substituents is 2. The van der Waals surface area contributed by atoms with Crippen LogP contribution in [0.4, 0.5) is 0 Å². The highest BCUT2D eigenvalue weighted by Crippen LogP contribution is 2.18. The molecular formula is C31H39N3O10. The van der Waals surface area contributed by atoms with Gasteiger partial charge in [0, 0.05) is 25.2 Å². The van der Waals surface area contributed by atoms with E-state index in [0.717, 1.165) is 0 Å². The second-order valence-electron chi connectivity index (χ2n) is 9.06. The third-order valence-corrected chi connectivity index (χ3v) is 5.65. The molecule has 0 bridgehead atoms. The molecule has 0 saturated heterocycles. The average molecular weight is 614 g/mol. The van der Waals surface area contributed by atoms with Crippen LogP contribution in [-0.2, 0) is 18.9 Å². The summed E-state index contributed by atoms with van der Waals surface area (Å²) in [7, 11) is 0. The number of ether oxygens (including phenoxy) is 6. The van der Waals surface area contributed by atoms with Gasteiger partial charge >= 0.3 is 0 Å². The summed E-state index contributed by atoms with van der Waals surface area (Å²) >= 11 is 0. The molecule has 0 saturated carbocycles. The van der Waals surface area contributed by atoms with Gasteiger partial charge in [-0.2, -0.15) is 0 Å². The fraction of sp³-hybridized carbons (Fsp3) is 0.387. The predicted molar refractivity (Wildman–Crippen MR) is 159 cm³/mol. The van der Waals surface area contributed by atoms with Crippen molar-refractivity contribution in [3.8, 4) is 23.0 Å². The molecule has 13 heteroatoms. The quantitative estimate of drug-likeness (QED) is 0.123. The maximum absolute atomic E-state index is 12.4. The lowest BCUT2D eigenvalue weighted by Crippen LogP contribution is -2.31. The van der Waals surface area contributed by atoms with Gasteiger partial charge in [-0.15, -0.1) is 0 Å². The van der Waals surface area contributed by atoms with Crippen LogP contribution in [0.2, 0.25) is 0 Å². The van der Waals surface area contributed by atoms with Crippen LogP contribution < -0.4 is 20.1 Å². The van der Waals surface area contributed by atoms with Crippen molar-refractivity contribution in [1.29, 1.82) is 0 Å². The van der Waals surface area contributed by atoms with Crippen LogP contribution in [0.5, 0.6) is 23.0 Å². The highest BCUT2D eigenvalue weighted by atomic mass is 16.5. The van der Waals surface area contributed by atoms with Gasteiger partial charge in [0.25, 0.3) is 11.8 Å². The summed E-state index contributed by atoms with van der Waals surface area (Å²) in [6.45, 7) is 3.96. The van der Waals surface area contributed by atoms with Crippen molar-refractivity contribution < 1.29 is 48.2 Å². The van der Waals surface area contributed by atoms with Gasteiger partial charge < -0.3 is 49.3 Å². The molecular weight excluding hydrogens is 574 g/mol. The smallest absolute Gasteiger partial charge is 0.269 e. The lowest BCUT2D eigenvalue weighted by atomic mass is 10.2. The molecule has 44 heavy (non-hydrogen) atoms. The van der Waals surface area contributed by atoms with E-state index in [1.807, 2.05) is 0 Å². The van der Waals surface area contributed by atoms with Crippen LogP contribution in [0, 0.1) is 0 Å². The minimum absolute atomic E-state index is 0.120. The van der Waals surface area contributed by atoms with Crippen LogP contribution in [0.1, 0.15) is 21.0 Å². The third-order valence-electron chi connectivity index (χ3n) is 5.65. The van der Waals surface area contributed by atoms with Crippen LogP contribution in [0.15, 0.2) is 66.7 Å². The zero-order valence-corrected chi connectivity index (χ0v) is 24.4. The van der Waals surface area contributed by atoms with Gasteiger partial charge in [0.1, 0.15) is 47.6 Å². The number of hydrogen-bond donors (Lipinski definition) is 4. The monoisotopic (exact) mass is 613 g/mol. The Balaban J connectivity index is 1.16. The number of carbonyl (C=O) groups excluding carboxylic acids is 2. The molecule has 0 aliphatic rings. The van der Waals surface area contributed by atoms with E-state index in [0.29, 0.717) is 64.4 Å². The van der Waals surface area contributed by atoms with Gasteiger partial charge in [-0.1, -0.05) is 18.2 Å². The molecule has 2 aromatic carbocycles. The number of carbonyl (C=O) groups is 2. The maximum atomic E-state index is 12.4. The van der Waals surface area contributed by atoms with Gasteiger partial charge in [0.2, 0.25) is 0 Å². The van der Waals surface area contributed by atoms with Crippen molar-refractivity contribution in [3.63, 3.8) is 0 Å². The minimum Gasteiger partial charge on any atom is -0.508 e. The summed E-state index contributed by atoms with van der Waals surface area (Å²) in [5.41, 5.74) is 0.239. The highest BCUT2D eigenvalue weighted by molar-refractivity contribution is 5.96. The first-order valence-electron chi connectivity index (χ1n) is 14.2. The Kier molecular flexibility index (Phi) is 15.8. The number of aromatic hydroxyl groups is 2. The predicted octanol–water partition coefficient (Wildman–Crippen LogP) is 2.18. The van der Waals surface area contributed by atoms with E-state index in [9.17, 15) is 19.8 Å². The molecule has 13 nitrogen and oxygen atoms in total. The second-order valence-corrected chi connectivity index (χ2v) is 9.06. The van der Waals surface area contributed by atoms with Crippen molar-refractivity contribution in [3.05, 3.63) is 78.1 Å². The van der Waals surface area contributed by atoms with Crippen molar-refractivity contribution in [1.82, 2.24) is 15.6 Å². The van der Waals surface area contributed by atoms with Gasteiger partial charge in [-0.05, 0) is 36.4 Å². The maximum Gasteiger partial charge on any atom is 0.269 e. The van der Waals surface area contributed by atoms with E-state index in [1.165, 1.54) is 24.3 Å². The average Bonchev–Trinajstić information content (AvgIpc) is 3.02. The van der Waals surface area contributed by atoms with Crippen LogP contribution >= 0.6 is 0 Å². The molecule has 0 unspecified atom stereocenters. The molecule has 0 atom stereocenters. The molecule has 0 aliphatic carbocycles. The Bertz CT molecular complexity index is 1180. The molecule has 4 N–H and O–H groups in total. The van der Waals surface area contributed by atoms with Crippen LogP contribution in [0.25, 0.3) is 0 Å². The first-order chi connectivity index (χ1) is 21.5. The number of hydrogen-bond acceptors (Lipinski definition) is 11. The molecule has 2 amide bonds. The topological polar surface area (TPSA) is 167 Å². The Morgan fingerprint density at radius 2 is 0.932 bits per heavy atom. The van der Waals surface area contributed by atoms with Gasteiger partial charge in [0.15, 0.2) is 0 Å². The fourth-order valence-corrected chi connectivity index (χ4v) is 3.57. The van der Waals surface area contributed by atoms with Gasteiger partial charge in [0.05, 0.1) is 52.9 Å². The number of nitrogens with one attached hydrogen (secondary N) is 2. The standard InChI is InChI=1S/C31H39N3O10/c35-24-4-1-6-26(22-24)43-20-18-41-16-14-39-12-10-32-30(37)28-8-3-9-29(34-28)31(38)33-11-13-40-15-17-42-19-21-44-27-7-2-5-25(36)23-27/h1-9,22-23,35-36H,10-21H2,(H,32,37)(H,33,38). The summed E-state index contributed by atoms with van der Waals surface area (Å²) in [5.74, 6) is 0.576. The number of aromatic nitrogens is 1. The zero-order valence-electron chi connectivity index (χ0n) is 24.4. The molecule has 3 rings (SSSR count). The molecule has 0 radical (unpaired) electrons. The van der Waals surface area contributed by atoms with Crippen molar-refractivity contribution >= 4 is 11.8 Å². The lowest BCUT2D eigenvalue weighted by molar-refractivity contribution is 0.0369. The van der Waals surface area contributed by atoms with E-state index >= 15 is 0 Å². The molecule has 0 aliphatic heterocycles. The number of rotatable bonds is 22. The number of nitrogens with zero attached hydrogens (tertiary/aromatic N) is 1. The first kappa shape index (κ1) is 34.1. The number of amides is 2. The fourth-order valence-electron chi connectivity index (χ4n) is 3.57. The molecule has 3 aromatic rings. The Morgan fingerprint density at radius 1 is 0.545 bits per heavy atom. The van der Waals surface area contributed by atoms with E-state index in [4.69, 9.17) is 28.4 Å². The Morgan fingerprint density at radius 3 is 1.36 bits per heavy atom. The van der Waals surface area contributed by atoms with E-state index < -0.39 is 11.8 Å². The molecule has 238 valence electrons. The zero-order chi connectivity index (χ0) is 31.2. The number of phenols is 2. The van der Waals surface area contributed by atoms with E-state index in [1.54, 1.807) is 42.5 Å². The summed E-state index contributed by atoms with van der Waals surface area (Å²) in [5, 5.41) is 24.2. The largest absolute Gasteiger partial charge is 0.508 e. The second kappa shape index (κ2) is 20.5. The Hall–Kier alpha value is -4.43. The van der Waals surface area contributed by atoms with Gasteiger partial charge in [-0.25, -0.2) is 4.98 Å². The SMILES string of the molecule is O=C(NCCOCCOCCOc1cccc(O)c1)c1cccc(C(=O)NCCOCCOCCOc2cccc(O)c2)n1. The van der Waals surface area contributed by atoms with Crippen molar-refractivity contribution in [2.24, 2.45) is 0 Å². The van der Waals surface area contributed by atoms with Crippen LogP contribution in [-0.4, -0.2) is 106 Å². The molecule has 0 spiro atoms. The number of pyridine rings is 1. The van der Waals surface area contributed by atoms with Crippen molar-refractivity contribution in [2.75, 3.05) is 79.2 Å². The van der Waals surface area contributed by atoms with Crippen molar-refractivity contribution in [2.45, 2.75) is 0 Å². The first-order valence-corrected chi connectivity index (χ1v) is 14.2. The summed E-state index contributed by atoms with van der Waals surface area (Å²) in [4.78, 5) is 29.0. The highest BCUT2D eigenvalue weighted by Gasteiger charge is 2.12. The third kappa shape index (κ3) is 14.2. The summed E-state index contributed by atoms with van der Waals surface area (Å²) < 4.78 is 32.7. The summed E-state index contributed by atoms with van der Waals surface area (Å²) in [6, 6.07) is 17.7. The molecule has 1 heterocycles. The molecule has 1 aromatic heterocycles. The van der Waals surface area contributed by atoms with Gasteiger partial charge in [-0.3, -0.25) is 9.59 Å². The summed E-state index contributed by atoms with van der Waals surface area (Å²) in [6.07, 6.45) is 0. The van der Waals surface area contributed by atoms with Crippen LogP contribution in [0.3, 0.4) is 0 Å². The Labute approximate surface area is 256 Å². The van der Waals surface area contributed by atoms with E-state index in [2.05, 4.69) is 15.6 Å². The van der Waals surface area contributed by atoms with E-state index in [-0.39, 0.29) is 49.2 Å². The number of benzene rings is 2. The normalized spacial score (nSPS) is 10.7. The lowest BCUT2D eigenvalue weighted by Gasteiger charge is -2.09.